The Morgan fingerprint density at radius 3 is 2.53 bits per heavy atom. The molecule has 10 nitrogen and oxygen atoms in total. The number of carbonyl (C=O) groups is 1. The SMILES string of the molecule is CN1CC(F)CC1COc1nc(N(C)C2CN(C(=O)CN)C2)c2cc(C(F)(F)F)c(-c3ccc(F)c4sc(N)nc34)c(F)c2n1. The van der Waals surface area contributed by atoms with Crippen molar-refractivity contribution in [2.24, 2.45) is 5.73 Å². The van der Waals surface area contributed by atoms with Gasteiger partial charge in [-0.25, -0.2) is 18.2 Å². The summed E-state index contributed by atoms with van der Waals surface area (Å²) in [6.07, 6.45) is -5.93. The zero-order chi connectivity index (χ0) is 32.4. The number of nitrogen functional groups attached to an aromatic ring is 1. The molecule has 2 unspecified atom stereocenters. The number of carbonyl (C=O) groups excluding carboxylic acids is 1. The topological polar surface area (TPSA) is 127 Å². The van der Waals surface area contributed by atoms with Crippen LogP contribution in [-0.2, 0) is 11.0 Å². The molecule has 2 aromatic carbocycles. The Balaban J connectivity index is 1.53. The molecule has 0 radical (unpaired) electrons. The lowest BCUT2D eigenvalue weighted by Crippen LogP contribution is -2.61. The quantitative estimate of drug-likeness (QED) is 0.286. The average Bonchev–Trinajstić information content (AvgIpc) is 3.51. The predicted octanol–water partition coefficient (Wildman–Crippen LogP) is 3.81. The van der Waals surface area contributed by atoms with Crippen LogP contribution in [0.5, 0.6) is 6.01 Å². The van der Waals surface area contributed by atoms with Crippen LogP contribution in [0.3, 0.4) is 0 Å². The number of aromatic nitrogens is 3. The van der Waals surface area contributed by atoms with E-state index in [9.17, 15) is 26.7 Å². The number of ether oxygens (including phenoxy) is 1. The molecule has 0 spiro atoms. The minimum Gasteiger partial charge on any atom is -0.462 e. The molecule has 6 rings (SSSR count). The highest BCUT2D eigenvalue weighted by molar-refractivity contribution is 7.22. The van der Waals surface area contributed by atoms with E-state index in [1.54, 1.807) is 19.0 Å². The van der Waals surface area contributed by atoms with Gasteiger partial charge in [0, 0.05) is 49.2 Å². The number of hydrogen-bond donors (Lipinski definition) is 2. The van der Waals surface area contributed by atoms with E-state index in [4.69, 9.17) is 16.2 Å². The first kappa shape index (κ1) is 31.0. The fourth-order valence-corrected chi connectivity index (χ4v) is 6.55. The molecule has 2 atom stereocenters. The normalized spacial score (nSPS) is 19.4. The van der Waals surface area contributed by atoms with Gasteiger partial charge in [0.25, 0.3) is 0 Å². The number of nitrogens with two attached hydrogens (primary N) is 2. The second-order valence-electron chi connectivity index (χ2n) is 11.2. The molecule has 2 aromatic heterocycles. The molecule has 2 fully saturated rings. The molecule has 45 heavy (non-hydrogen) atoms. The smallest absolute Gasteiger partial charge is 0.417 e. The van der Waals surface area contributed by atoms with E-state index in [1.165, 1.54) is 9.80 Å². The fraction of sp³-hybridized carbons (Fsp3) is 0.429. The van der Waals surface area contributed by atoms with Gasteiger partial charge in [0.05, 0.1) is 28.4 Å². The molecule has 17 heteroatoms. The Bertz CT molecular complexity index is 1800. The minimum absolute atomic E-state index is 0.0560. The third-order valence-corrected chi connectivity index (χ3v) is 9.18. The van der Waals surface area contributed by atoms with Crippen LogP contribution in [0.25, 0.3) is 32.2 Å². The molecular weight excluding hydrogens is 626 g/mol. The summed E-state index contributed by atoms with van der Waals surface area (Å²) in [6.45, 7) is 0.366. The number of nitrogens with zero attached hydrogens (tertiary/aromatic N) is 6. The summed E-state index contributed by atoms with van der Waals surface area (Å²) < 4.78 is 94.8. The second kappa shape index (κ2) is 11.4. The van der Waals surface area contributed by atoms with Crippen molar-refractivity contribution in [2.45, 2.75) is 30.9 Å². The van der Waals surface area contributed by atoms with Gasteiger partial charge in [-0.15, -0.1) is 0 Å². The number of halogens is 6. The summed E-state index contributed by atoms with van der Waals surface area (Å²) >= 11 is 0.723. The molecule has 4 aromatic rings. The maximum Gasteiger partial charge on any atom is 0.417 e. The summed E-state index contributed by atoms with van der Waals surface area (Å²) in [4.78, 5) is 29.3. The van der Waals surface area contributed by atoms with Gasteiger partial charge in [0.2, 0.25) is 5.91 Å². The first-order chi connectivity index (χ1) is 21.3. The summed E-state index contributed by atoms with van der Waals surface area (Å²) in [7, 11) is 3.28. The molecule has 2 aliphatic heterocycles. The summed E-state index contributed by atoms with van der Waals surface area (Å²) in [5.41, 5.74) is 7.92. The van der Waals surface area contributed by atoms with Crippen LogP contribution in [0, 0.1) is 11.6 Å². The van der Waals surface area contributed by atoms with Crippen molar-refractivity contribution in [3.05, 3.63) is 35.4 Å². The van der Waals surface area contributed by atoms with Crippen LogP contribution in [-0.4, -0.2) is 95.8 Å². The molecule has 4 heterocycles. The largest absolute Gasteiger partial charge is 0.462 e. The highest BCUT2D eigenvalue weighted by atomic mass is 32.1. The number of thiazole rings is 1. The molecule has 0 saturated carbocycles. The molecule has 4 N–H and O–H groups in total. The summed E-state index contributed by atoms with van der Waals surface area (Å²) in [5.74, 6) is -2.49. The van der Waals surface area contributed by atoms with E-state index < -0.39 is 40.6 Å². The van der Waals surface area contributed by atoms with Crippen molar-refractivity contribution in [3.8, 4) is 17.1 Å². The first-order valence-electron chi connectivity index (χ1n) is 13.9. The molecule has 0 aliphatic carbocycles. The van der Waals surface area contributed by atoms with Crippen LogP contribution >= 0.6 is 11.3 Å². The van der Waals surface area contributed by atoms with E-state index in [-0.39, 0.29) is 95.3 Å². The third-order valence-electron chi connectivity index (χ3n) is 8.29. The number of likely N-dealkylation sites (tertiary alicyclic amines) is 2. The van der Waals surface area contributed by atoms with Crippen molar-refractivity contribution in [1.29, 1.82) is 0 Å². The van der Waals surface area contributed by atoms with Gasteiger partial charge in [-0.2, -0.15) is 23.1 Å². The summed E-state index contributed by atoms with van der Waals surface area (Å²) in [5, 5.41) is -0.372. The zero-order valence-corrected chi connectivity index (χ0v) is 24.9. The second-order valence-corrected chi connectivity index (χ2v) is 12.2. The number of rotatable bonds is 7. The van der Waals surface area contributed by atoms with Gasteiger partial charge >= 0.3 is 12.2 Å². The van der Waals surface area contributed by atoms with Gasteiger partial charge in [-0.05, 0) is 31.7 Å². The summed E-state index contributed by atoms with van der Waals surface area (Å²) in [6, 6.07) is 1.64. The van der Waals surface area contributed by atoms with Crippen LogP contribution < -0.4 is 21.1 Å². The van der Waals surface area contributed by atoms with Gasteiger partial charge < -0.3 is 26.0 Å². The van der Waals surface area contributed by atoms with E-state index in [1.807, 2.05) is 0 Å². The van der Waals surface area contributed by atoms with Crippen molar-refractivity contribution in [2.75, 3.05) is 57.5 Å². The Kier molecular flexibility index (Phi) is 7.89. The maximum absolute atomic E-state index is 16.6. The number of fused-ring (bicyclic) bond motifs is 2. The minimum atomic E-state index is -5.06. The van der Waals surface area contributed by atoms with Crippen LogP contribution in [0.4, 0.5) is 37.3 Å². The van der Waals surface area contributed by atoms with Crippen LogP contribution in [0.1, 0.15) is 12.0 Å². The highest BCUT2D eigenvalue weighted by Gasteiger charge is 2.40. The predicted molar refractivity (Wildman–Crippen MR) is 157 cm³/mol. The van der Waals surface area contributed by atoms with Gasteiger partial charge in [0.1, 0.15) is 29.9 Å². The van der Waals surface area contributed by atoms with E-state index in [2.05, 4.69) is 15.0 Å². The van der Waals surface area contributed by atoms with Gasteiger partial charge in [-0.3, -0.25) is 9.69 Å². The Labute approximate surface area is 256 Å². The average molecular weight is 655 g/mol. The third kappa shape index (κ3) is 5.56. The van der Waals surface area contributed by atoms with Crippen LogP contribution in [0.2, 0.25) is 0 Å². The number of benzene rings is 2. The van der Waals surface area contributed by atoms with Crippen molar-refractivity contribution in [3.63, 3.8) is 0 Å². The van der Waals surface area contributed by atoms with E-state index >= 15 is 4.39 Å². The Morgan fingerprint density at radius 1 is 1.16 bits per heavy atom. The zero-order valence-electron chi connectivity index (χ0n) is 24.0. The number of likely N-dealkylation sites (N-methyl/N-ethyl adjacent to an activating group) is 2. The first-order valence-corrected chi connectivity index (χ1v) is 14.7. The molecular formula is C28H28F6N8O2S. The Morgan fingerprint density at radius 2 is 1.89 bits per heavy atom. The molecule has 1 amide bonds. The molecule has 240 valence electrons. The van der Waals surface area contributed by atoms with Gasteiger partial charge in [-0.1, -0.05) is 11.3 Å². The number of amides is 1. The number of alkyl halides is 4. The Hall–Kier alpha value is -3.96. The van der Waals surface area contributed by atoms with Crippen molar-refractivity contribution in [1.82, 2.24) is 24.8 Å². The monoisotopic (exact) mass is 654 g/mol. The number of hydrogen-bond acceptors (Lipinski definition) is 10. The van der Waals surface area contributed by atoms with Gasteiger partial charge in [0.15, 0.2) is 10.9 Å². The fourth-order valence-electron chi connectivity index (χ4n) is 5.79. The van der Waals surface area contributed by atoms with Crippen molar-refractivity contribution < 1.29 is 35.9 Å². The van der Waals surface area contributed by atoms with Crippen molar-refractivity contribution >= 4 is 49.3 Å². The molecule has 2 saturated heterocycles. The maximum atomic E-state index is 16.6. The van der Waals surface area contributed by atoms with E-state index in [0.717, 1.165) is 29.5 Å². The lowest BCUT2D eigenvalue weighted by molar-refractivity contribution is -0.137. The lowest BCUT2D eigenvalue weighted by Gasteiger charge is -2.44. The standard InChI is InChI=1S/C28H28F6N8O2S/c1-40-8-12(29)5-13(40)11-44-27-38-22-16(25(39-27)41(2)14-9-42(10-14)19(43)7-35)6-17(28(32,33)34)20(21(22)31)15-3-4-18(30)24-23(15)37-26(36)45-24/h3-4,6,12-14H,5,7-11,35H2,1-2H3,(H2,36,37). The number of anilines is 2. The lowest BCUT2D eigenvalue weighted by atomic mass is 9.95. The van der Waals surface area contributed by atoms with E-state index in [0.29, 0.717) is 0 Å². The highest BCUT2D eigenvalue weighted by Crippen LogP contribution is 2.46. The van der Waals surface area contributed by atoms with Crippen LogP contribution in [0.15, 0.2) is 18.2 Å². The molecule has 2 aliphatic rings. The molecule has 0 bridgehead atoms.